The summed E-state index contributed by atoms with van der Waals surface area (Å²) in [5.74, 6) is 0.490. The summed E-state index contributed by atoms with van der Waals surface area (Å²) in [4.78, 5) is 16.7. The molecule has 0 aliphatic heterocycles. The van der Waals surface area contributed by atoms with Crippen molar-refractivity contribution in [3.8, 4) is 0 Å². The molecule has 1 heterocycles. The van der Waals surface area contributed by atoms with Gasteiger partial charge in [-0.15, -0.1) is 11.3 Å². The van der Waals surface area contributed by atoms with E-state index in [2.05, 4.69) is 25.8 Å². The van der Waals surface area contributed by atoms with Gasteiger partial charge >= 0.3 is 0 Å². The molecular weight excluding hydrogens is 194 g/mol. The molecule has 0 atom stereocenters. The van der Waals surface area contributed by atoms with Crippen LogP contribution in [-0.4, -0.2) is 10.8 Å². The smallest absolute Gasteiger partial charge is 0.171 e. The number of Topliss-reactive ketones (excluding diaryl/α,β-unsaturated/α-hetero) is 1. The summed E-state index contributed by atoms with van der Waals surface area (Å²) >= 11 is 1.56. The van der Waals surface area contributed by atoms with Gasteiger partial charge in [-0.2, -0.15) is 0 Å². The zero-order chi connectivity index (χ0) is 10.7. The lowest BCUT2D eigenvalue weighted by atomic mass is 10.1. The van der Waals surface area contributed by atoms with Crippen LogP contribution in [0.4, 0.5) is 0 Å². The van der Waals surface area contributed by atoms with E-state index >= 15 is 0 Å². The number of hydrogen-bond acceptors (Lipinski definition) is 3. The average Bonchev–Trinajstić information content (AvgIpc) is 2.49. The SMILES string of the molecule is CCCc1nc(C(C)C)c(C(C)=O)s1. The highest BCUT2D eigenvalue weighted by atomic mass is 32.1. The number of rotatable bonds is 4. The van der Waals surface area contributed by atoms with Crippen LogP contribution < -0.4 is 0 Å². The van der Waals surface area contributed by atoms with Gasteiger partial charge in [0.05, 0.1) is 15.6 Å². The molecule has 3 heteroatoms. The summed E-state index contributed by atoms with van der Waals surface area (Å²) in [5, 5.41) is 1.10. The fourth-order valence-corrected chi connectivity index (χ4v) is 2.56. The van der Waals surface area contributed by atoms with Crippen LogP contribution >= 0.6 is 11.3 Å². The standard InChI is InChI=1S/C11H17NOS/c1-5-6-9-12-10(7(2)3)11(14-9)8(4)13/h7H,5-6H2,1-4H3. The Morgan fingerprint density at radius 1 is 1.50 bits per heavy atom. The number of carbonyl (C=O) groups excluding carboxylic acids is 1. The van der Waals surface area contributed by atoms with E-state index in [0.717, 1.165) is 28.4 Å². The molecule has 0 N–H and O–H groups in total. The van der Waals surface area contributed by atoms with Crippen molar-refractivity contribution < 1.29 is 4.79 Å². The zero-order valence-electron chi connectivity index (χ0n) is 9.26. The van der Waals surface area contributed by atoms with E-state index in [-0.39, 0.29) is 5.78 Å². The minimum absolute atomic E-state index is 0.147. The lowest BCUT2D eigenvalue weighted by Crippen LogP contribution is -1.97. The van der Waals surface area contributed by atoms with Crippen molar-refractivity contribution in [2.24, 2.45) is 0 Å². The number of ketones is 1. The average molecular weight is 211 g/mol. The van der Waals surface area contributed by atoms with Crippen molar-refractivity contribution in [2.75, 3.05) is 0 Å². The van der Waals surface area contributed by atoms with Crippen LogP contribution in [-0.2, 0) is 6.42 Å². The van der Waals surface area contributed by atoms with Gasteiger partial charge in [0.2, 0.25) is 0 Å². The molecule has 0 amide bonds. The normalized spacial score (nSPS) is 10.9. The number of carbonyl (C=O) groups is 1. The van der Waals surface area contributed by atoms with Crippen molar-refractivity contribution in [1.29, 1.82) is 0 Å². The summed E-state index contributed by atoms with van der Waals surface area (Å²) in [7, 11) is 0. The second kappa shape index (κ2) is 4.69. The highest BCUT2D eigenvalue weighted by Crippen LogP contribution is 2.26. The van der Waals surface area contributed by atoms with E-state index in [9.17, 15) is 4.79 Å². The van der Waals surface area contributed by atoms with E-state index in [1.54, 1.807) is 18.3 Å². The third-order valence-electron chi connectivity index (χ3n) is 2.03. The lowest BCUT2D eigenvalue weighted by molar-refractivity contribution is 0.102. The third kappa shape index (κ3) is 2.41. The number of aryl methyl sites for hydroxylation is 1. The Balaban J connectivity index is 3.06. The zero-order valence-corrected chi connectivity index (χ0v) is 10.1. The quantitative estimate of drug-likeness (QED) is 0.714. The summed E-state index contributed by atoms with van der Waals surface area (Å²) in [6.07, 6.45) is 2.07. The van der Waals surface area contributed by atoms with Gasteiger partial charge in [0.1, 0.15) is 0 Å². The minimum atomic E-state index is 0.147. The molecule has 0 fully saturated rings. The molecule has 0 radical (unpaired) electrons. The maximum absolute atomic E-state index is 11.4. The molecule has 0 unspecified atom stereocenters. The molecule has 2 nitrogen and oxygen atoms in total. The van der Waals surface area contributed by atoms with Crippen molar-refractivity contribution in [2.45, 2.75) is 46.5 Å². The van der Waals surface area contributed by atoms with Crippen molar-refractivity contribution in [3.05, 3.63) is 15.6 Å². The molecule has 0 aliphatic rings. The Morgan fingerprint density at radius 3 is 2.50 bits per heavy atom. The van der Waals surface area contributed by atoms with Gasteiger partial charge in [-0.3, -0.25) is 4.79 Å². The Labute approximate surface area is 89.4 Å². The molecule has 0 saturated carbocycles. The molecule has 0 saturated heterocycles. The molecule has 78 valence electrons. The minimum Gasteiger partial charge on any atom is -0.294 e. The monoisotopic (exact) mass is 211 g/mol. The first-order valence-corrected chi connectivity index (χ1v) is 5.88. The summed E-state index contributed by atoms with van der Waals surface area (Å²) in [6, 6.07) is 0. The van der Waals surface area contributed by atoms with Crippen molar-refractivity contribution >= 4 is 17.1 Å². The molecule has 1 rings (SSSR count). The topological polar surface area (TPSA) is 30.0 Å². The van der Waals surface area contributed by atoms with Crippen LogP contribution in [0.1, 0.15) is 60.4 Å². The van der Waals surface area contributed by atoms with E-state index in [4.69, 9.17) is 0 Å². The fourth-order valence-electron chi connectivity index (χ4n) is 1.34. The van der Waals surface area contributed by atoms with Crippen molar-refractivity contribution in [1.82, 2.24) is 4.98 Å². The molecule has 1 aromatic rings. The highest BCUT2D eigenvalue weighted by molar-refractivity contribution is 7.13. The first kappa shape index (κ1) is 11.4. The molecule has 0 aliphatic carbocycles. The van der Waals surface area contributed by atoms with E-state index in [0.29, 0.717) is 5.92 Å². The number of nitrogens with zero attached hydrogens (tertiary/aromatic N) is 1. The second-order valence-electron chi connectivity index (χ2n) is 3.78. The van der Waals surface area contributed by atoms with Crippen LogP contribution in [0.3, 0.4) is 0 Å². The Kier molecular flexibility index (Phi) is 3.81. The van der Waals surface area contributed by atoms with Crippen LogP contribution in [0, 0.1) is 0 Å². The summed E-state index contributed by atoms with van der Waals surface area (Å²) in [5.41, 5.74) is 0.978. The van der Waals surface area contributed by atoms with Crippen LogP contribution in [0.25, 0.3) is 0 Å². The van der Waals surface area contributed by atoms with Crippen LogP contribution in [0.15, 0.2) is 0 Å². The Morgan fingerprint density at radius 2 is 2.14 bits per heavy atom. The summed E-state index contributed by atoms with van der Waals surface area (Å²) < 4.78 is 0. The highest BCUT2D eigenvalue weighted by Gasteiger charge is 2.16. The maximum atomic E-state index is 11.4. The molecule has 14 heavy (non-hydrogen) atoms. The maximum Gasteiger partial charge on any atom is 0.171 e. The first-order valence-electron chi connectivity index (χ1n) is 5.06. The lowest BCUT2D eigenvalue weighted by Gasteiger charge is -2.01. The van der Waals surface area contributed by atoms with Crippen molar-refractivity contribution in [3.63, 3.8) is 0 Å². The van der Waals surface area contributed by atoms with Gasteiger partial charge in [-0.1, -0.05) is 20.8 Å². The van der Waals surface area contributed by atoms with Gasteiger partial charge < -0.3 is 0 Å². The number of aromatic nitrogens is 1. The summed E-state index contributed by atoms with van der Waals surface area (Å²) in [6.45, 7) is 7.91. The van der Waals surface area contributed by atoms with Gasteiger partial charge in [0, 0.05) is 6.92 Å². The van der Waals surface area contributed by atoms with Gasteiger partial charge in [-0.25, -0.2) is 4.98 Å². The van der Waals surface area contributed by atoms with Gasteiger partial charge in [0.15, 0.2) is 5.78 Å². The molecule has 0 bridgehead atoms. The predicted molar refractivity (Wildman–Crippen MR) is 60.2 cm³/mol. The van der Waals surface area contributed by atoms with Gasteiger partial charge in [-0.05, 0) is 18.8 Å². The molecule has 1 aromatic heterocycles. The number of hydrogen-bond donors (Lipinski definition) is 0. The Hall–Kier alpha value is -0.700. The van der Waals surface area contributed by atoms with Crippen LogP contribution in [0.2, 0.25) is 0 Å². The van der Waals surface area contributed by atoms with Gasteiger partial charge in [0.25, 0.3) is 0 Å². The third-order valence-corrected chi connectivity index (χ3v) is 3.26. The fraction of sp³-hybridized carbons (Fsp3) is 0.636. The second-order valence-corrected chi connectivity index (χ2v) is 4.87. The predicted octanol–water partition coefficient (Wildman–Crippen LogP) is 3.42. The largest absolute Gasteiger partial charge is 0.294 e. The van der Waals surface area contributed by atoms with E-state index in [1.165, 1.54) is 0 Å². The van der Waals surface area contributed by atoms with Crippen LogP contribution in [0.5, 0.6) is 0 Å². The Bertz CT molecular complexity index is 328. The molecule has 0 spiro atoms. The molecule has 0 aromatic carbocycles. The molecular formula is C11H17NOS. The first-order chi connectivity index (χ1) is 6.56. The van der Waals surface area contributed by atoms with E-state index < -0.39 is 0 Å². The number of thiazole rings is 1. The van der Waals surface area contributed by atoms with E-state index in [1.807, 2.05) is 0 Å².